The zero-order valence-electron chi connectivity index (χ0n) is 16.5. The predicted octanol–water partition coefficient (Wildman–Crippen LogP) is 3.50. The molecule has 2 aromatic rings. The van der Waals surface area contributed by atoms with E-state index in [1.54, 1.807) is 30.3 Å². The molecule has 2 aromatic carbocycles. The van der Waals surface area contributed by atoms with Crippen LogP contribution in [-0.2, 0) is 14.3 Å². The number of carbonyl (C=O) groups is 3. The maximum atomic E-state index is 12.3. The average molecular weight is 431 g/mol. The van der Waals surface area contributed by atoms with E-state index >= 15 is 0 Å². The molecule has 0 unspecified atom stereocenters. The summed E-state index contributed by atoms with van der Waals surface area (Å²) >= 11 is 1.43. The number of nitro groups is 1. The van der Waals surface area contributed by atoms with Crippen LogP contribution in [-0.4, -0.2) is 42.0 Å². The minimum absolute atomic E-state index is 0.0676. The molecule has 0 heterocycles. The molecule has 0 aliphatic carbocycles. The van der Waals surface area contributed by atoms with Crippen LogP contribution in [0.1, 0.15) is 23.7 Å². The summed E-state index contributed by atoms with van der Waals surface area (Å²) in [6.07, 6.45) is 1.78. The number of anilines is 2. The normalized spacial score (nSPS) is 10.2. The number of Topliss-reactive ketones (excluding diaryl/α,β-unsaturated/α-hetero) is 1. The highest BCUT2D eigenvalue weighted by molar-refractivity contribution is 7.98. The SMILES string of the molecule is CSc1ccc(C(=O)COC(=O)CCNc2ccccc2[N+](=O)[O-])cc1NC(C)=O. The van der Waals surface area contributed by atoms with Crippen LogP contribution in [0.3, 0.4) is 0 Å². The van der Waals surface area contributed by atoms with Gasteiger partial charge in [0.05, 0.1) is 17.0 Å². The second-order valence-electron chi connectivity index (χ2n) is 6.13. The Morgan fingerprint density at radius 2 is 1.87 bits per heavy atom. The van der Waals surface area contributed by atoms with Gasteiger partial charge in [0, 0.05) is 30.0 Å². The van der Waals surface area contributed by atoms with Crippen LogP contribution in [0.2, 0.25) is 0 Å². The number of ether oxygens (including phenoxy) is 1. The summed E-state index contributed by atoms with van der Waals surface area (Å²) in [5, 5.41) is 16.4. The van der Waals surface area contributed by atoms with Gasteiger partial charge in [-0.25, -0.2) is 0 Å². The van der Waals surface area contributed by atoms with E-state index in [4.69, 9.17) is 4.74 Å². The van der Waals surface area contributed by atoms with Crippen LogP contribution in [0.5, 0.6) is 0 Å². The van der Waals surface area contributed by atoms with Gasteiger partial charge in [-0.05, 0) is 24.5 Å². The zero-order valence-corrected chi connectivity index (χ0v) is 17.3. The molecule has 158 valence electrons. The van der Waals surface area contributed by atoms with Gasteiger partial charge in [0.25, 0.3) is 5.69 Å². The molecular formula is C20H21N3O6S. The van der Waals surface area contributed by atoms with Gasteiger partial charge in [-0.3, -0.25) is 24.5 Å². The van der Waals surface area contributed by atoms with Crippen LogP contribution in [0.15, 0.2) is 47.4 Å². The molecule has 0 radical (unpaired) electrons. The van der Waals surface area contributed by atoms with E-state index in [0.717, 1.165) is 4.90 Å². The second kappa shape index (κ2) is 11.0. The molecule has 30 heavy (non-hydrogen) atoms. The summed E-state index contributed by atoms with van der Waals surface area (Å²) in [4.78, 5) is 46.8. The first-order valence-corrected chi connectivity index (χ1v) is 10.2. The lowest BCUT2D eigenvalue weighted by Gasteiger charge is -2.10. The Morgan fingerprint density at radius 3 is 2.53 bits per heavy atom. The Hall–Kier alpha value is -3.40. The number of hydrogen-bond donors (Lipinski definition) is 2. The minimum Gasteiger partial charge on any atom is -0.457 e. The van der Waals surface area contributed by atoms with Crippen molar-refractivity contribution in [1.29, 1.82) is 0 Å². The number of nitrogens with one attached hydrogen (secondary N) is 2. The number of ketones is 1. The first kappa shape index (κ1) is 22.9. The molecule has 9 nitrogen and oxygen atoms in total. The Kier molecular flexibility index (Phi) is 8.36. The molecule has 0 aliphatic heterocycles. The largest absolute Gasteiger partial charge is 0.457 e. The van der Waals surface area contributed by atoms with Crippen molar-refractivity contribution < 1.29 is 24.0 Å². The van der Waals surface area contributed by atoms with Crippen LogP contribution >= 0.6 is 11.8 Å². The number of esters is 1. The number of para-hydroxylation sites is 2. The van der Waals surface area contributed by atoms with E-state index in [1.807, 2.05) is 6.26 Å². The summed E-state index contributed by atoms with van der Waals surface area (Å²) in [6, 6.07) is 10.9. The fourth-order valence-electron chi connectivity index (χ4n) is 2.55. The lowest BCUT2D eigenvalue weighted by Crippen LogP contribution is -2.17. The van der Waals surface area contributed by atoms with Gasteiger partial charge in [0.2, 0.25) is 5.91 Å². The van der Waals surface area contributed by atoms with E-state index in [2.05, 4.69) is 10.6 Å². The Labute approximate surface area is 177 Å². The van der Waals surface area contributed by atoms with Crippen molar-refractivity contribution in [2.24, 2.45) is 0 Å². The number of hydrogen-bond acceptors (Lipinski definition) is 8. The Balaban J connectivity index is 1.87. The van der Waals surface area contributed by atoms with E-state index in [0.29, 0.717) is 16.9 Å². The van der Waals surface area contributed by atoms with Gasteiger partial charge in [-0.15, -0.1) is 11.8 Å². The molecule has 0 bridgehead atoms. The molecule has 0 spiro atoms. The molecular weight excluding hydrogens is 410 g/mol. The van der Waals surface area contributed by atoms with Gasteiger partial charge in [0.1, 0.15) is 5.69 Å². The van der Waals surface area contributed by atoms with Gasteiger partial charge in [-0.1, -0.05) is 18.2 Å². The highest BCUT2D eigenvalue weighted by Crippen LogP contribution is 2.27. The summed E-state index contributed by atoms with van der Waals surface area (Å²) in [7, 11) is 0. The quantitative estimate of drug-likeness (QED) is 0.192. The molecule has 0 aliphatic rings. The number of rotatable bonds is 10. The third-order valence-electron chi connectivity index (χ3n) is 3.94. The maximum Gasteiger partial charge on any atom is 0.308 e. The number of carbonyl (C=O) groups excluding carboxylic acids is 3. The van der Waals surface area contributed by atoms with Gasteiger partial charge in [-0.2, -0.15) is 0 Å². The maximum absolute atomic E-state index is 12.3. The van der Waals surface area contributed by atoms with E-state index in [1.165, 1.54) is 30.8 Å². The third-order valence-corrected chi connectivity index (χ3v) is 4.74. The average Bonchev–Trinajstić information content (AvgIpc) is 2.71. The first-order valence-electron chi connectivity index (χ1n) is 8.93. The van der Waals surface area contributed by atoms with Crippen molar-refractivity contribution >= 4 is 46.5 Å². The molecule has 2 N–H and O–H groups in total. The van der Waals surface area contributed by atoms with Crippen molar-refractivity contribution in [2.45, 2.75) is 18.2 Å². The van der Waals surface area contributed by atoms with Crippen LogP contribution in [0.4, 0.5) is 17.1 Å². The lowest BCUT2D eigenvalue weighted by atomic mass is 10.1. The summed E-state index contributed by atoms with van der Waals surface area (Å²) < 4.78 is 5.00. The van der Waals surface area contributed by atoms with Crippen LogP contribution in [0, 0.1) is 10.1 Å². The molecule has 0 saturated heterocycles. The number of thioether (sulfide) groups is 1. The second-order valence-corrected chi connectivity index (χ2v) is 6.98. The van der Waals surface area contributed by atoms with Crippen molar-refractivity contribution in [1.82, 2.24) is 0 Å². The molecule has 0 aromatic heterocycles. The topological polar surface area (TPSA) is 128 Å². The van der Waals surface area contributed by atoms with E-state index in [-0.39, 0.29) is 24.6 Å². The minimum atomic E-state index is -0.614. The highest BCUT2D eigenvalue weighted by Gasteiger charge is 2.15. The van der Waals surface area contributed by atoms with Gasteiger partial charge in [0.15, 0.2) is 12.4 Å². The summed E-state index contributed by atoms with van der Waals surface area (Å²) in [5.74, 6) is -1.28. The zero-order chi connectivity index (χ0) is 22.1. The fourth-order valence-corrected chi connectivity index (χ4v) is 3.09. The number of benzene rings is 2. The van der Waals surface area contributed by atoms with Crippen LogP contribution in [0.25, 0.3) is 0 Å². The molecule has 2 rings (SSSR count). The number of nitro benzene ring substituents is 1. The van der Waals surface area contributed by atoms with E-state index in [9.17, 15) is 24.5 Å². The van der Waals surface area contributed by atoms with Gasteiger partial charge >= 0.3 is 5.97 Å². The van der Waals surface area contributed by atoms with Crippen molar-refractivity contribution in [2.75, 3.05) is 30.0 Å². The number of nitrogens with zero attached hydrogens (tertiary/aromatic N) is 1. The molecule has 10 heteroatoms. The van der Waals surface area contributed by atoms with Crippen LogP contribution < -0.4 is 10.6 Å². The predicted molar refractivity (Wildman–Crippen MR) is 114 cm³/mol. The smallest absolute Gasteiger partial charge is 0.308 e. The molecule has 1 amide bonds. The highest BCUT2D eigenvalue weighted by atomic mass is 32.2. The molecule has 0 saturated carbocycles. The third kappa shape index (κ3) is 6.59. The fraction of sp³-hybridized carbons (Fsp3) is 0.250. The van der Waals surface area contributed by atoms with Crippen molar-refractivity contribution in [3.8, 4) is 0 Å². The van der Waals surface area contributed by atoms with E-state index < -0.39 is 23.3 Å². The summed E-state index contributed by atoms with van der Waals surface area (Å²) in [6.45, 7) is 1.05. The standard InChI is InChI=1S/C20H21N3O6S/c1-13(24)22-16-11-14(7-8-19(16)30-2)18(25)12-29-20(26)9-10-21-15-5-3-4-6-17(15)23(27)28/h3-8,11,21H,9-10,12H2,1-2H3,(H,22,24). The van der Waals surface area contributed by atoms with Gasteiger partial charge < -0.3 is 15.4 Å². The first-order chi connectivity index (χ1) is 14.3. The summed E-state index contributed by atoms with van der Waals surface area (Å²) in [5.41, 5.74) is 1.03. The molecule has 0 fully saturated rings. The molecule has 0 atom stereocenters. The Morgan fingerprint density at radius 1 is 1.13 bits per heavy atom. The Bertz CT molecular complexity index is 963. The van der Waals surface area contributed by atoms with Crippen molar-refractivity contribution in [3.05, 3.63) is 58.1 Å². The number of amides is 1. The monoisotopic (exact) mass is 431 g/mol. The van der Waals surface area contributed by atoms with Crippen molar-refractivity contribution in [3.63, 3.8) is 0 Å². The lowest BCUT2D eigenvalue weighted by molar-refractivity contribution is -0.384.